The van der Waals surface area contributed by atoms with Crippen molar-refractivity contribution < 1.29 is 18.7 Å². The molecule has 0 radical (unpaired) electrons. The van der Waals surface area contributed by atoms with Crippen LogP contribution in [0.1, 0.15) is 16.2 Å². The Balaban J connectivity index is 1.51. The number of nitrogens with one attached hydrogen (secondary N) is 1. The van der Waals surface area contributed by atoms with Crippen molar-refractivity contribution in [3.63, 3.8) is 0 Å². The molecule has 0 aliphatic carbocycles. The van der Waals surface area contributed by atoms with Gasteiger partial charge in [-0.2, -0.15) is 0 Å². The number of carbonyl (C=O) groups excluding carboxylic acids is 2. The standard InChI is InChI=1S/C24H19FN4O3/c1-16-12-13-20(19(25)14-16)26-21(30)15-32-24(31)22-27-23(17-8-4-2-5-9-17)29(28-22)18-10-6-3-7-11-18/h2-14H,15H2,1H3,(H,26,30). The largest absolute Gasteiger partial charge is 0.450 e. The van der Waals surface area contributed by atoms with Crippen molar-refractivity contribution in [1.82, 2.24) is 14.8 Å². The monoisotopic (exact) mass is 430 g/mol. The molecule has 7 nitrogen and oxygen atoms in total. The van der Waals surface area contributed by atoms with Gasteiger partial charge in [-0.1, -0.05) is 54.6 Å². The number of rotatable bonds is 6. The Morgan fingerprint density at radius 2 is 1.69 bits per heavy atom. The molecule has 0 fully saturated rings. The van der Waals surface area contributed by atoms with Crippen molar-refractivity contribution >= 4 is 17.6 Å². The van der Waals surface area contributed by atoms with Crippen LogP contribution in [0.15, 0.2) is 78.9 Å². The fraction of sp³-hybridized carbons (Fsp3) is 0.0833. The number of aryl methyl sites for hydroxylation is 1. The average Bonchev–Trinajstić information content (AvgIpc) is 3.26. The summed E-state index contributed by atoms with van der Waals surface area (Å²) in [5.41, 5.74) is 2.21. The van der Waals surface area contributed by atoms with Crippen LogP contribution >= 0.6 is 0 Å². The maximum Gasteiger partial charge on any atom is 0.378 e. The van der Waals surface area contributed by atoms with Gasteiger partial charge in [0.05, 0.1) is 11.4 Å². The molecule has 0 aliphatic rings. The Kier molecular flexibility index (Phi) is 6.03. The zero-order chi connectivity index (χ0) is 22.5. The van der Waals surface area contributed by atoms with Crippen molar-refractivity contribution in [3.05, 3.63) is 96.1 Å². The molecular formula is C24H19FN4O3. The number of anilines is 1. The molecule has 0 aliphatic heterocycles. The summed E-state index contributed by atoms with van der Waals surface area (Å²) in [5.74, 6) is -1.85. The fourth-order valence-electron chi connectivity index (χ4n) is 3.03. The quantitative estimate of drug-likeness (QED) is 0.464. The second-order valence-corrected chi connectivity index (χ2v) is 6.98. The van der Waals surface area contributed by atoms with Crippen LogP contribution in [0, 0.1) is 12.7 Å². The van der Waals surface area contributed by atoms with E-state index in [0.29, 0.717) is 11.5 Å². The lowest BCUT2D eigenvalue weighted by atomic mass is 10.2. The summed E-state index contributed by atoms with van der Waals surface area (Å²) >= 11 is 0. The Labute approximate surface area is 183 Å². The molecule has 1 aromatic heterocycles. The minimum absolute atomic E-state index is 0.00879. The molecule has 1 N–H and O–H groups in total. The van der Waals surface area contributed by atoms with Crippen LogP contribution in [0.3, 0.4) is 0 Å². The van der Waals surface area contributed by atoms with Gasteiger partial charge < -0.3 is 10.1 Å². The van der Waals surface area contributed by atoms with E-state index in [9.17, 15) is 14.0 Å². The minimum atomic E-state index is -0.864. The number of aromatic nitrogens is 3. The number of esters is 1. The molecule has 1 heterocycles. The van der Waals surface area contributed by atoms with Crippen molar-refractivity contribution in [2.24, 2.45) is 0 Å². The SMILES string of the molecule is Cc1ccc(NC(=O)COC(=O)c2nc(-c3ccccc3)n(-c3ccccc3)n2)c(F)c1. The molecule has 4 aromatic rings. The molecule has 1 amide bonds. The first-order valence-electron chi connectivity index (χ1n) is 9.82. The number of amides is 1. The summed E-state index contributed by atoms with van der Waals surface area (Å²) in [6, 6.07) is 22.9. The highest BCUT2D eigenvalue weighted by molar-refractivity contribution is 5.94. The number of hydrogen-bond acceptors (Lipinski definition) is 5. The Bertz CT molecular complexity index is 1200. The number of benzene rings is 3. The summed E-state index contributed by atoms with van der Waals surface area (Å²) in [6.45, 7) is 1.13. The first kappa shape index (κ1) is 20.9. The Hall–Kier alpha value is -4.33. The van der Waals surface area contributed by atoms with Crippen LogP contribution < -0.4 is 5.32 Å². The first-order valence-corrected chi connectivity index (χ1v) is 9.82. The van der Waals surface area contributed by atoms with E-state index in [2.05, 4.69) is 15.4 Å². The van der Waals surface area contributed by atoms with E-state index in [0.717, 1.165) is 11.1 Å². The molecule has 0 atom stereocenters. The van der Waals surface area contributed by atoms with Crippen molar-refractivity contribution in [2.45, 2.75) is 6.92 Å². The van der Waals surface area contributed by atoms with Gasteiger partial charge in [0.25, 0.3) is 11.7 Å². The normalized spacial score (nSPS) is 10.6. The summed E-state index contributed by atoms with van der Waals surface area (Å²) in [7, 11) is 0. The molecule has 0 saturated heterocycles. The number of para-hydroxylation sites is 1. The lowest BCUT2D eigenvalue weighted by Crippen LogP contribution is -2.22. The second-order valence-electron chi connectivity index (χ2n) is 6.98. The first-order chi connectivity index (χ1) is 15.5. The van der Waals surface area contributed by atoms with E-state index in [1.54, 1.807) is 13.0 Å². The van der Waals surface area contributed by atoms with Gasteiger partial charge in [-0.25, -0.2) is 18.9 Å². The molecule has 8 heteroatoms. The summed E-state index contributed by atoms with van der Waals surface area (Å²) in [4.78, 5) is 29.0. The minimum Gasteiger partial charge on any atom is -0.450 e. The highest BCUT2D eigenvalue weighted by atomic mass is 19.1. The topological polar surface area (TPSA) is 86.1 Å². The molecule has 160 valence electrons. The van der Waals surface area contributed by atoms with Crippen LogP contribution in [-0.2, 0) is 9.53 Å². The van der Waals surface area contributed by atoms with Crippen molar-refractivity contribution in [3.8, 4) is 17.1 Å². The van der Waals surface area contributed by atoms with E-state index in [-0.39, 0.29) is 11.5 Å². The molecule has 0 unspecified atom stereocenters. The molecule has 0 saturated carbocycles. The van der Waals surface area contributed by atoms with Gasteiger partial charge in [0.1, 0.15) is 5.82 Å². The molecule has 4 rings (SSSR count). The zero-order valence-electron chi connectivity index (χ0n) is 17.2. The van der Waals surface area contributed by atoms with E-state index < -0.39 is 24.3 Å². The lowest BCUT2D eigenvalue weighted by molar-refractivity contribution is -0.119. The Morgan fingerprint density at radius 3 is 2.38 bits per heavy atom. The van der Waals surface area contributed by atoms with Gasteiger partial charge >= 0.3 is 5.97 Å². The van der Waals surface area contributed by atoms with Crippen LogP contribution in [0.2, 0.25) is 0 Å². The van der Waals surface area contributed by atoms with E-state index in [1.807, 2.05) is 60.7 Å². The van der Waals surface area contributed by atoms with Crippen LogP contribution in [0.25, 0.3) is 17.1 Å². The van der Waals surface area contributed by atoms with Crippen molar-refractivity contribution in [2.75, 3.05) is 11.9 Å². The number of carbonyl (C=O) groups is 2. The lowest BCUT2D eigenvalue weighted by Gasteiger charge is -2.07. The van der Waals surface area contributed by atoms with Crippen LogP contribution in [0.5, 0.6) is 0 Å². The molecule has 0 spiro atoms. The Morgan fingerprint density at radius 1 is 1.00 bits per heavy atom. The predicted molar refractivity (Wildman–Crippen MR) is 117 cm³/mol. The number of halogens is 1. The number of hydrogen-bond donors (Lipinski definition) is 1. The van der Waals surface area contributed by atoms with Crippen LogP contribution in [0.4, 0.5) is 10.1 Å². The summed E-state index contributed by atoms with van der Waals surface area (Å²) < 4.78 is 20.5. The van der Waals surface area contributed by atoms with E-state index >= 15 is 0 Å². The number of nitrogens with zero attached hydrogens (tertiary/aromatic N) is 3. The summed E-state index contributed by atoms with van der Waals surface area (Å²) in [5, 5.41) is 6.66. The third-order valence-corrected chi connectivity index (χ3v) is 4.56. The maximum atomic E-state index is 13.9. The average molecular weight is 430 g/mol. The zero-order valence-corrected chi connectivity index (χ0v) is 17.2. The van der Waals surface area contributed by atoms with Gasteiger partial charge in [-0.3, -0.25) is 4.79 Å². The third kappa shape index (κ3) is 4.70. The fourth-order valence-corrected chi connectivity index (χ4v) is 3.03. The van der Waals surface area contributed by atoms with Gasteiger partial charge in [0.2, 0.25) is 0 Å². The highest BCUT2D eigenvalue weighted by Crippen LogP contribution is 2.21. The smallest absolute Gasteiger partial charge is 0.378 e. The third-order valence-electron chi connectivity index (χ3n) is 4.56. The van der Waals surface area contributed by atoms with E-state index in [1.165, 1.54) is 16.8 Å². The van der Waals surface area contributed by atoms with E-state index in [4.69, 9.17) is 4.74 Å². The highest BCUT2D eigenvalue weighted by Gasteiger charge is 2.21. The maximum absolute atomic E-state index is 13.9. The predicted octanol–water partition coefficient (Wildman–Crippen LogP) is 4.18. The molecule has 3 aromatic carbocycles. The second kappa shape index (κ2) is 9.22. The van der Waals surface area contributed by atoms with Gasteiger partial charge in [-0.15, -0.1) is 5.10 Å². The van der Waals surface area contributed by atoms with Gasteiger partial charge in [0, 0.05) is 5.56 Å². The van der Waals surface area contributed by atoms with Crippen molar-refractivity contribution in [1.29, 1.82) is 0 Å². The van der Waals surface area contributed by atoms with Gasteiger partial charge in [0.15, 0.2) is 12.4 Å². The van der Waals surface area contributed by atoms with Gasteiger partial charge in [-0.05, 0) is 36.8 Å². The van der Waals surface area contributed by atoms with Crippen LogP contribution in [-0.4, -0.2) is 33.2 Å². The molecule has 0 bridgehead atoms. The molecule has 32 heavy (non-hydrogen) atoms. The summed E-state index contributed by atoms with van der Waals surface area (Å²) in [6.07, 6.45) is 0. The number of ether oxygens (including phenoxy) is 1. The molecular weight excluding hydrogens is 411 g/mol.